The van der Waals surface area contributed by atoms with Crippen molar-refractivity contribution in [1.82, 2.24) is 0 Å². The molecule has 0 aromatic heterocycles. The van der Waals surface area contributed by atoms with E-state index in [0.717, 1.165) is 0 Å². The number of ether oxygens (including phenoxy) is 2. The molecule has 0 aromatic rings. The van der Waals surface area contributed by atoms with Crippen molar-refractivity contribution in [3.8, 4) is 0 Å². The minimum atomic E-state index is -5.05. The highest BCUT2D eigenvalue weighted by Gasteiger charge is 2.51. The fourth-order valence-electron chi connectivity index (χ4n) is 5.14. The van der Waals surface area contributed by atoms with E-state index >= 15 is 0 Å². The molecule has 0 heterocycles. The molecule has 1 rings (SSSR count). The van der Waals surface area contributed by atoms with Crippen molar-refractivity contribution in [3.63, 3.8) is 0 Å². The maximum atomic E-state index is 12.7. The highest BCUT2D eigenvalue weighted by Crippen LogP contribution is 2.48. The summed E-state index contributed by atoms with van der Waals surface area (Å²) in [6.45, 7) is 12.7. The van der Waals surface area contributed by atoms with E-state index in [-0.39, 0.29) is 29.7 Å². The molecule has 0 radical (unpaired) electrons. The standard InChI is InChI=1S/C23H37F3O5Si/c1-15(2)32(16(3)4,17(5)6)31-14-22(13-18(27)12-19(28)23(24,25)26)20(29-7)10-9-11-21(22)30-8/h10-11,15-17H,9,12-14H2,1-8H3. The quantitative estimate of drug-likeness (QED) is 0.250. The first-order valence-electron chi connectivity index (χ1n) is 10.9. The molecule has 0 atom stereocenters. The highest BCUT2D eigenvalue weighted by atomic mass is 28.4. The second kappa shape index (κ2) is 11.0. The molecule has 9 heteroatoms. The van der Waals surface area contributed by atoms with Crippen molar-refractivity contribution >= 4 is 19.9 Å². The molecular weight excluding hydrogens is 441 g/mol. The number of carbonyl (C=O) groups excluding carboxylic acids is 2. The van der Waals surface area contributed by atoms with E-state index < -0.39 is 37.9 Å². The molecule has 0 saturated carbocycles. The molecule has 1 aliphatic rings. The fourth-order valence-corrected chi connectivity index (χ4v) is 10.6. The Morgan fingerprint density at radius 3 is 1.75 bits per heavy atom. The van der Waals surface area contributed by atoms with Crippen LogP contribution in [0.5, 0.6) is 0 Å². The first kappa shape index (κ1) is 28.4. The van der Waals surface area contributed by atoms with Gasteiger partial charge >= 0.3 is 6.18 Å². The monoisotopic (exact) mass is 478 g/mol. The third-order valence-corrected chi connectivity index (χ3v) is 12.5. The zero-order valence-corrected chi connectivity index (χ0v) is 21.4. The predicted molar refractivity (Wildman–Crippen MR) is 120 cm³/mol. The average molecular weight is 479 g/mol. The third-order valence-electron chi connectivity index (χ3n) is 6.44. The lowest BCUT2D eigenvalue weighted by atomic mass is 9.76. The fraction of sp³-hybridized carbons (Fsp3) is 0.739. The van der Waals surface area contributed by atoms with Crippen LogP contribution in [0.1, 0.15) is 60.8 Å². The van der Waals surface area contributed by atoms with Gasteiger partial charge in [-0.25, -0.2) is 0 Å². The van der Waals surface area contributed by atoms with E-state index in [1.54, 1.807) is 12.2 Å². The number of hydrogen-bond donors (Lipinski definition) is 0. The Bertz CT molecular complexity index is 697. The molecule has 0 fully saturated rings. The van der Waals surface area contributed by atoms with Crippen molar-refractivity contribution in [1.29, 1.82) is 0 Å². The van der Waals surface area contributed by atoms with Gasteiger partial charge in [0.05, 0.1) is 27.2 Å². The number of hydrogen-bond acceptors (Lipinski definition) is 5. The van der Waals surface area contributed by atoms with Crippen LogP contribution in [-0.4, -0.2) is 46.9 Å². The molecule has 0 aromatic carbocycles. The Hall–Kier alpha value is -1.61. The Balaban J connectivity index is 3.43. The summed E-state index contributed by atoms with van der Waals surface area (Å²) in [5.41, 5.74) is -0.441. The van der Waals surface area contributed by atoms with E-state index in [2.05, 4.69) is 41.5 Å². The Morgan fingerprint density at radius 1 is 0.969 bits per heavy atom. The lowest BCUT2D eigenvalue weighted by molar-refractivity contribution is -0.172. The molecular formula is C23H37F3O5Si. The second-order valence-electron chi connectivity index (χ2n) is 9.28. The van der Waals surface area contributed by atoms with Gasteiger partial charge in [-0.15, -0.1) is 0 Å². The van der Waals surface area contributed by atoms with Gasteiger partial charge in [-0.1, -0.05) is 41.5 Å². The lowest BCUT2D eigenvalue weighted by Crippen LogP contribution is -2.51. The van der Waals surface area contributed by atoms with Crippen LogP contribution in [0.2, 0.25) is 16.6 Å². The summed E-state index contributed by atoms with van der Waals surface area (Å²) in [6, 6.07) is 0. The number of alkyl halides is 3. The Morgan fingerprint density at radius 2 is 1.41 bits per heavy atom. The topological polar surface area (TPSA) is 61.8 Å². The first-order valence-corrected chi connectivity index (χ1v) is 13.1. The average Bonchev–Trinajstić information content (AvgIpc) is 2.66. The SMILES string of the molecule is COC1=CCC=C(OC)C1(CO[Si](C(C)C)(C(C)C)C(C)C)CC(=O)CC(=O)C(F)(F)F. The number of allylic oxidation sites excluding steroid dienone is 2. The maximum Gasteiger partial charge on any atom is 0.450 e. The van der Waals surface area contributed by atoms with Crippen LogP contribution in [0.4, 0.5) is 13.2 Å². The van der Waals surface area contributed by atoms with Crippen LogP contribution < -0.4 is 0 Å². The van der Waals surface area contributed by atoms with Crippen LogP contribution in [-0.2, 0) is 23.5 Å². The van der Waals surface area contributed by atoms with E-state index in [9.17, 15) is 22.8 Å². The van der Waals surface area contributed by atoms with Crippen molar-refractivity contribution in [3.05, 3.63) is 23.7 Å². The third kappa shape index (κ3) is 5.84. The Labute approximate surface area is 190 Å². The molecule has 0 N–H and O–H groups in total. The molecule has 0 spiro atoms. The van der Waals surface area contributed by atoms with Crippen molar-refractivity contribution in [2.75, 3.05) is 20.8 Å². The summed E-state index contributed by atoms with van der Waals surface area (Å²) in [6.07, 6.45) is -2.62. The van der Waals surface area contributed by atoms with Gasteiger partial charge in [-0.3, -0.25) is 9.59 Å². The molecule has 0 bridgehead atoms. The predicted octanol–water partition coefficient (Wildman–Crippen LogP) is 6.11. The van der Waals surface area contributed by atoms with Crippen molar-refractivity contribution < 1.29 is 36.7 Å². The van der Waals surface area contributed by atoms with Gasteiger partial charge in [0.2, 0.25) is 5.78 Å². The number of ketones is 2. The van der Waals surface area contributed by atoms with Gasteiger partial charge in [0, 0.05) is 6.42 Å². The molecule has 0 unspecified atom stereocenters. The van der Waals surface area contributed by atoms with Gasteiger partial charge < -0.3 is 13.9 Å². The maximum absolute atomic E-state index is 12.7. The summed E-state index contributed by atoms with van der Waals surface area (Å²) < 4.78 is 56.1. The van der Waals surface area contributed by atoms with E-state index in [1.165, 1.54) is 14.2 Å². The molecule has 0 saturated heterocycles. The van der Waals surface area contributed by atoms with Crippen LogP contribution in [0.3, 0.4) is 0 Å². The van der Waals surface area contributed by atoms with Gasteiger partial charge in [-0.2, -0.15) is 13.2 Å². The van der Waals surface area contributed by atoms with E-state index in [0.29, 0.717) is 17.9 Å². The Kier molecular flexibility index (Phi) is 9.77. The molecule has 0 aliphatic heterocycles. The van der Waals surface area contributed by atoms with Crippen molar-refractivity contribution in [2.45, 2.75) is 83.6 Å². The van der Waals surface area contributed by atoms with Gasteiger partial charge in [0.15, 0.2) is 8.32 Å². The smallest absolute Gasteiger partial charge is 0.450 e. The summed E-state index contributed by atoms with van der Waals surface area (Å²) in [4.78, 5) is 24.1. The van der Waals surface area contributed by atoms with Crippen molar-refractivity contribution in [2.24, 2.45) is 5.41 Å². The van der Waals surface area contributed by atoms with Crippen LogP contribution in [0.25, 0.3) is 0 Å². The van der Waals surface area contributed by atoms with Gasteiger partial charge in [0.1, 0.15) is 22.7 Å². The number of rotatable bonds is 12. The zero-order chi connectivity index (χ0) is 24.9. The molecule has 32 heavy (non-hydrogen) atoms. The number of carbonyl (C=O) groups is 2. The van der Waals surface area contributed by atoms with Crippen LogP contribution in [0.15, 0.2) is 23.7 Å². The normalized spacial score (nSPS) is 16.8. The molecule has 1 aliphatic carbocycles. The summed E-state index contributed by atoms with van der Waals surface area (Å²) in [5, 5.41) is 0. The van der Waals surface area contributed by atoms with E-state index in [1.807, 2.05) is 0 Å². The number of halogens is 3. The number of Topliss-reactive ketones (excluding diaryl/α,β-unsaturated/α-hetero) is 2. The van der Waals surface area contributed by atoms with Crippen LogP contribution >= 0.6 is 0 Å². The lowest BCUT2D eigenvalue weighted by Gasteiger charge is -2.46. The van der Waals surface area contributed by atoms with Gasteiger partial charge in [-0.05, 0) is 35.2 Å². The highest BCUT2D eigenvalue weighted by molar-refractivity contribution is 6.77. The second-order valence-corrected chi connectivity index (χ2v) is 14.7. The molecule has 0 amide bonds. The molecule has 5 nitrogen and oxygen atoms in total. The summed E-state index contributed by atoms with van der Waals surface area (Å²) in [5.74, 6) is -2.09. The van der Waals surface area contributed by atoms with E-state index in [4.69, 9.17) is 13.9 Å². The summed E-state index contributed by atoms with van der Waals surface area (Å²) >= 11 is 0. The van der Waals surface area contributed by atoms with Gasteiger partial charge in [0.25, 0.3) is 0 Å². The summed E-state index contributed by atoms with van der Waals surface area (Å²) in [7, 11) is 0.514. The minimum Gasteiger partial charge on any atom is -0.500 e. The largest absolute Gasteiger partial charge is 0.500 e. The van der Waals surface area contributed by atoms with Crippen LogP contribution in [0, 0.1) is 5.41 Å². The molecule has 184 valence electrons. The zero-order valence-electron chi connectivity index (χ0n) is 20.4. The number of methoxy groups -OCH3 is 2. The minimum absolute atomic E-state index is 0.0268. The first-order chi connectivity index (χ1) is 14.7.